The third kappa shape index (κ3) is 4.66. The molecule has 1 fully saturated rings. The van der Waals surface area contributed by atoms with Gasteiger partial charge in [-0.2, -0.15) is 0 Å². The molecule has 0 radical (unpaired) electrons. The zero-order valence-electron chi connectivity index (χ0n) is 18.0. The van der Waals surface area contributed by atoms with Crippen molar-refractivity contribution in [3.8, 4) is 0 Å². The first-order chi connectivity index (χ1) is 10.2. The van der Waals surface area contributed by atoms with Gasteiger partial charge in [0.05, 0.1) is 0 Å². The van der Waals surface area contributed by atoms with Gasteiger partial charge in [0.25, 0.3) is 0 Å². The van der Waals surface area contributed by atoms with Gasteiger partial charge in [-0.25, -0.2) is 0 Å². The summed E-state index contributed by atoms with van der Waals surface area (Å²) in [6.45, 7) is 30.3. The molecule has 1 aliphatic heterocycles. The predicted octanol–water partition coefficient (Wildman–Crippen LogP) is 8.11. The van der Waals surface area contributed by atoms with Crippen LogP contribution in [0.2, 0.25) is 0 Å². The summed E-state index contributed by atoms with van der Waals surface area (Å²) in [5, 5.41) is 1.75. The van der Waals surface area contributed by atoms with Crippen LogP contribution in [-0.2, 0) is 0 Å². The second-order valence-electron chi connectivity index (χ2n) is 11.2. The van der Waals surface area contributed by atoms with Crippen molar-refractivity contribution in [1.29, 1.82) is 0 Å². The minimum absolute atomic E-state index is 0.0176. The van der Waals surface area contributed by atoms with Crippen molar-refractivity contribution in [2.24, 2.45) is 0 Å². The molecule has 0 nitrogen and oxygen atoms in total. The Morgan fingerprint density at radius 1 is 0.542 bits per heavy atom. The Kier molecular flexibility index (Phi) is 7.46. The predicted molar refractivity (Wildman–Crippen MR) is 128 cm³/mol. The molecule has 4 unspecified atom stereocenters. The summed E-state index contributed by atoms with van der Waals surface area (Å²) in [5.74, 6) is 3.02. The van der Waals surface area contributed by atoms with E-state index >= 15 is 0 Å². The fourth-order valence-electron chi connectivity index (χ4n) is 3.26. The summed E-state index contributed by atoms with van der Waals surface area (Å²) in [4.78, 5) is 0. The van der Waals surface area contributed by atoms with Crippen molar-refractivity contribution >= 4 is 57.6 Å². The fourth-order valence-corrected chi connectivity index (χ4v) is 66.2. The van der Waals surface area contributed by atoms with Gasteiger partial charge in [-0.05, 0) is 0 Å². The zero-order chi connectivity index (χ0) is 19.6. The number of hydrogen-bond donors (Lipinski definition) is 0. The van der Waals surface area contributed by atoms with Crippen LogP contribution in [0.3, 0.4) is 0 Å². The molecule has 1 heterocycles. The van der Waals surface area contributed by atoms with Crippen LogP contribution in [0.5, 0.6) is 0 Å². The van der Waals surface area contributed by atoms with Crippen LogP contribution in [0.1, 0.15) is 83.1 Å². The van der Waals surface area contributed by atoms with Gasteiger partial charge in [0.1, 0.15) is 0 Å². The van der Waals surface area contributed by atoms with E-state index in [2.05, 4.69) is 114 Å². The van der Waals surface area contributed by atoms with Gasteiger partial charge in [0, 0.05) is 0 Å². The summed E-state index contributed by atoms with van der Waals surface area (Å²) < 4.78 is 0. The molecule has 0 aromatic heterocycles. The molecule has 0 aromatic carbocycles. The van der Waals surface area contributed by atoms with Crippen LogP contribution in [0, 0.1) is 0 Å². The van der Waals surface area contributed by atoms with Crippen molar-refractivity contribution in [2.45, 2.75) is 104 Å². The Labute approximate surface area is 172 Å². The molecule has 24 heavy (non-hydrogen) atoms. The van der Waals surface area contributed by atoms with Crippen molar-refractivity contribution in [1.82, 2.24) is 0 Å². The molecule has 0 saturated carbocycles. The molecule has 0 aromatic rings. The molecule has 1 saturated heterocycles. The molecular formula is C18H40P4Se2. The Hall–Kier alpha value is 2.76. The molecule has 0 bridgehead atoms. The molecule has 4 atom stereocenters. The summed E-state index contributed by atoms with van der Waals surface area (Å²) in [5.41, 5.74) is -2.21. The van der Waals surface area contributed by atoms with Crippen molar-refractivity contribution < 1.29 is 0 Å². The van der Waals surface area contributed by atoms with E-state index in [1.807, 2.05) is 0 Å². The average molecular weight is 538 g/mol. The van der Waals surface area contributed by atoms with Gasteiger partial charge in [0.2, 0.25) is 0 Å². The molecule has 1 rings (SSSR count). The molecule has 6 heteroatoms. The average Bonchev–Trinajstić information content (AvgIpc) is 2.26. The molecular weight excluding hydrogens is 498 g/mol. The molecule has 144 valence electrons. The molecule has 0 spiro atoms. The van der Waals surface area contributed by atoms with E-state index in [-0.39, 0.29) is 15.2 Å². The van der Waals surface area contributed by atoms with E-state index in [0.717, 1.165) is 0 Å². The third-order valence-electron chi connectivity index (χ3n) is 5.08. The fraction of sp³-hybridized carbons (Fsp3) is 1.00. The third-order valence-corrected chi connectivity index (χ3v) is 54.3. The van der Waals surface area contributed by atoms with Crippen LogP contribution < -0.4 is 0 Å². The zero-order valence-corrected chi connectivity index (χ0v) is 25.0. The van der Waals surface area contributed by atoms with Crippen molar-refractivity contribution in [2.75, 3.05) is 11.8 Å². The maximum atomic E-state index is 3.94. The van der Waals surface area contributed by atoms with Crippen molar-refractivity contribution in [3.63, 3.8) is 0 Å². The van der Waals surface area contributed by atoms with Crippen LogP contribution >= 0.6 is 26.5 Å². The molecule has 0 amide bonds. The van der Waals surface area contributed by atoms with E-state index < -0.39 is 11.3 Å². The first-order valence-electron chi connectivity index (χ1n) is 8.92. The minimum atomic E-state index is -1.10. The summed E-state index contributed by atoms with van der Waals surface area (Å²) in [6, 6.07) is 0. The maximum absolute atomic E-state index is 3.94. The molecule has 0 aliphatic carbocycles. The quantitative estimate of drug-likeness (QED) is 0.216. The van der Waals surface area contributed by atoms with E-state index in [0.29, 0.717) is 20.6 Å². The summed E-state index contributed by atoms with van der Waals surface area (Å²) in [7, 11) is 0.0352. The standard InChI is InChI=1S/C18H40P4Se2/c1-15(2,3)19-13-22(24,18(10,11)12)20(16(4,5)6)14-21(19,23)17(7,8)9/h13-14H2,1-12H3. The first kappa shape index (κ1) is 24.8. The Balaban J connectivity index is 3.62. The Morgan fingerprint density at radius 3 is 0.875 bits per heavy atom. The van der Waals surface area contributed by atoms with Gasteiger partial charge >= 0.3 is 173 Å². The van der Waals surface area contributed by atoms with Gasteiger partial charge in [-0.3, -0.25) is 0 Å². The SMILES string of the molecule is CC(C)(C)P1C[P+]([Se-])(C(C)(C)C)P(C(C)(C)C)C[P+]1([Se-])C(C)(C)C. The van der Waals surface area contributed by atoms with Gasteiger partial charge < -0.3 is 0 Å². The Morgan fingerprint density at radius 2 is 0.750 bits per heavy atom. The second kappa shape index (κ2) is 7.22. The van der Waals surface area contributed by atoms with Gasteiger partial charge in [-0.15, -0.1) is 0 Å². The van der Waals surface area contributed by atoms with E-state index in [1.165, 1.54) is 11.8 Å². The summed E-state index contributed by atoms with van der Waals surface area (Å²) >= 11 is 7.88. The second-order valence-corrected chi connectivity index (χ2v) is 41.7. The topological polar surface area (TPSA) is 0 Å². The van der Waals surface area contributed by atoms with E-state index in [1.54, 1.807) is 0 Å². The van der Waals surface area contributed by atoms with Crippen molar-refractivity contribution in [3.05, 3.63) is 0 Å². The molecule has 1 aliphatic rings. The van der Waals surface area contributed by atoms with Crippen LogP contribution in [-0.4, -0.2) is 63.6 Å². The Bertz CT molecular complexity index is 423. The summed E-state index contributed by atoms with van der Waals surface area (Å²) in [6.07, 6.45) is 0. The van der Waals surface area contributed by atoms with Gasteiger partial charge in [-0.1, -0.05) is 0 Å². The van der Waals surface area contributed by atoms with Crippen LogP contribution in [0.25, 0.3) is 0 Å². The number of rotatable bonds is 0. The van der Waals surface area contributed by atoms with Crippen LogP contribution in [0.4, 0.5) is 0 Å². The first-order valence-corrected chi connectivity index (χ1v) is 21.8. The monoisotopic (exact) mass is 540 g/mol. The number of hydrogen-bond acceptors (Lipinski definition) is 0. The van der Waals surface area contributed by atoms with E-state index in [9.17, 15) is 0 Å². The van der Waals surface area contributed by atoms with E-state index in [4.69, 9.17) is 0 Å². The van der Waals surface area contributed by atoms with Gasteiger partial charge in [0.15, 0.2) is 0 Å². The normalized spacial score (nSPS) is 36.8. The molecule has 0 N–H and O–H groups in total. The van der Waals surface area contributed by atoms with Crippen LogP contribution in [0.15, 0.2) is 0 Å².